The van der Waals surface area contributed by atoms with Crippen molar-refractivity contribution >= 4 is 0 Å². The van der Waals surface area contributed by atoms with Gasteiger partial charge in [0.2, 0.25) is 0 Å². The molecule has 1 aliphatic rings. The van der Waals surface area contributed by atoms with Crippen molar-refractivity contribution in [1.82, 2.24) is 14.9 Å². The molecule has 0 bridgehead atoms. The average Bonchev–Trinajstić information content (AvgIpc) is 3.00. The number of methoxy groups -OCH3 is 1. The molecule has 1 aromatic heterocycles. The van der Waals surface area contributed by atoms with Gasteiger partial charge in [0.15, 0.2) is 0 Å². The third kappa shape index (κ3) is 2.85. The summed E-state index contributed by atoms with van der Waals surface area (Å²) in [6, 6.07) is 6.92. The van der Waals surface area contributed by atoms with Gasteiger partial charge in [-0.1, -0.05) is 6.07 Å². The van der Waals surface area contributed by atoms with Crippen LogP contribution in [0.25, 0.3) is 0 Å². The predicted octanol–water partition coefficient (Wildman–Crippen LogP) is 2.56. The topological polar surface area (TPSA) is 39.1 Å². The molecule has 1 aromatic carbocycles. The monoisotopic (exact) mass is 271 g/mol. The molecule has 0 amide bonds. The number of benzene rings is 1. The van der Waals surface area contributed by atoms with Crippen LogP contribution in [0.3, 0.4) is 0 Å². The smallest absolute Gasteiger partial charge is 0.119 e. The largest absolute Gasteiger partial charge is 0.497 e. The third-order valence-corrected chi connectivity index (χ3v) is 3.98. The number of rotatable bonds is 5. The van der Waals surface area contributed by atoms with Crippen molar-refractivity contribution in [1.29, 1.82) is 0 Å². The number of aromatic nitrogens is 2. The molecule has 1 aliphatic carbocycles. The molecule has 0 fully saturated rings. The van der Waals surface area contributed by atoms with Crippen molar-refractivity contribution in [2.24, 2.45) is 0 Å². The highest BCUT2D eigenvalue weighted by Crippen LogP contribution is 2.31. The van der Waals surface area contributed by atoms with Crippen molar-refractivity contribution in [3.05, 3.63) is 48.0 Å². The second-order valence-electron chi connectivity index (χ2n) is 5.26. The van der Waals surface area contributed by atoms with Crippen molar-refractivity contribution in [2.45, 2.75) is 31.8 Å². The number of aryl methyl sites for hydroxylation is 1. The summed E-state index contributed by atoms with van der Waals surface area (Å²) < 4.78 is 7.42. The molecular formula is C16H21N3O. The van der Waals surface area contributed by atoms with Crippen molar-refractivity contribution in [3.8, 4) is 5.75 Å². The lowest BCUT2D eigenvalue weighted by Gasteiger charge is -2.27. The first-order valence-electron chi connectivity index (χ1n) is 7.23. The van der Waals surface area contributed by atoms with E-state index < -0.39 is 0 Å². The summed E-state index contributed by atoms with van der Waals surface area (Å²) in [5.41, 5.74) is 2.86. The molecule has 1 unspecified atom stereocenters. The van der Waals surface area contributed by atoms with Gasteiger partial charge in [0, 0.05) is 31.5 Å². The lowest BCUT2D eigenvalue weighted by atomic mass is 9.87. The number of hydrogen-bond acceptors (Lipinski definition) is 3. The van der Waals surface area contributed by atoms with E-state index in [4.69, 9.17) is 4.74 Å². The van der Waals surface area contributed by atoms with Crippen LogP contribution in [-0.4, -0.2) is 23.2 Å². The maximum atomic E-state index is 5.31. The minimum absolute atomic E-state index is 0.466. The molecule has 0 radical (unpaired) electrons. The minimum atomic E-state index is 0.466. The summed E-state index contributed by atoms with van der Waals surface area (Å²) in [6.45, 7) is 1.93. The SMILES string of the molecule is COc1ccc2c(c1)CCCC2NCCn1ccnc1. The summed E-state index contributed by atoms with van der Waals surface area (Å²) >= 11 is 0. The van der Waals surface area contributed by atoms with Crippen LogP contribution >= 0.6 is 0 Å². The Morgan fingerprint density at radius 1 is 1.45 bits per heavy atom. The van der Waals surface area contributed by atoms with E-state index in [2.05, 4.69) is 33.1 Å². The molecule has 4 heteroatoms. The standard InChI is InChI=1S/C16H21N3O/c1-20-14-5-6-15-13(11-14)3-2-4-16(15)18-8-10-19-9-7-17-12-19/h5-7,9,11-12,16,18H,2-4,8,10H2,1H3. The van der Waals surface area contributed by atoms with E-state index in [9.17, 15) is 0 Å². The molecule has 1 heterocycles. The molecule has 0 saturated heterocycles. The zero-order valence-electron chi connectivity index (χ0n) is 11.9. The van der Waals surface area contributed by atoms with Crippen LogP contribution in [0, 0.1) is 0 Å². The van der Waals surface area contributed by atoms with Gasteiger partial charge in [-0.3, -0.25) is 0 Å². The number of hydrogen-bond donors (Lipinski definition) is 1. The van der Waals surface area contributed by atoms with Gasteiger partial charge in [-0.25, -0.2) is 4.98 Å². The first kappa shape index (κ1) is 13.2. The number of imidazole rings is 1. The number of fused-ring (bicyclic) bond motifs is 1. The molecule has 0 spiro atoms. The third-order valence-electron chi connectivity index (χ3n) is 3.98. The fourth-order valence-corrected chi connectivity index (χ4v) is 2.92. The van der Waals surface area contributed by atoms with Crippen LogP contribution < -0.4 is 10.1 Å². The lowest BCUT2D eigenvalue weighted by Crippen LogP contribution is -2.28. The van der Waals surface area contributed by atoms with Gasteiger partial charge in [-0.15, -0.1) is 0 Å². The molecule has 20 heavy (non-hydrogen) atoms. The Hall–Kier alpha value is -1.81. The first-order chi connectivity index (χ1) is 9.86. The van der Waals surface area contributed by atoms with Crippen LogP contribution in [0.1, 0.15) is 30.0 Å². The lowest BCUT2D eigenvalue weighted by molar-refractivity contribution is 0.410. The van der Waals surface area contributed by atoms with E-state index in [1.54, 1.807) is 7.11 Å². The summed E-state index contributed by atoms with van der Waals surface area (Å²) in [4.78, 5) is 4.06. The number of nitrogens with one attached hydrogen (secondary N) is 1. The van der Waals surface area contributed by atoms with E-state index >= 15 is 0 Å². The molecule has 2 aromatic rings. The maximum absolute atomic E-state index is 5.31. The predicted molar refractivity (Wildman–Crippen MR) is 78.9 cm³/mol. The molecule has 1 N–H and O–H groups in total. The molecule has 106 valence electrons. The number of ether oxygens (including phenoxy) is 1. The van der Waals surface area contributed by atoms with Gasteiger partial charge < -0.3 is 14.6 Å². The Morgan fingerprint density at radius 3 is 3.20 bits per heavy atom. The van der Waals surface area contributed by atoms with Gasteiger partial charge in [0.25, 0.3) is 0 Å². The van der Waals surface area contributed by atoms with Crippen LogP contribution in [-0.2, 0) is 13.0 Å². The Balaban J connectivity index is 1.64. The van der Waals surface area contributed by atoms with E-state index in [0.29, 0.717) is 6.04 Å². The van der Waals surface area contributed by atoms with Gasteiger partial charge in [-0.05, 0) is 42.5 Å². The first-order valence-corrected chi connectivity index (χ1v) is 7.23. The van der Waals surface area contributed by atoms with Crippen molar-refractivity contribution in [3.63, 3.8) is 0 Å². The van der Waals surface area contributed by atoms with Gasteiger partial charge in [0.1, 0.15) is 5.75 Å². The second kappa shape index (κ2) is 6.09. The Kier molecular flexibility index (Phi) is 4.02. The summed E-state index contributed by atoms with van der Waals surface area (Å²) in [7, 11) is 1.73. The van der Waals surface area contributed by atoms with Crippen LogP contribution in [0.2, 0.25) is 0 Å². The van der Waals surface area contributed by atoms with Crippen LogP contribution in [0.15, 0.2) is 36.9 Å². The highest BCUT2D eigenvalue weighted by atomic mass is 16.5. The van der Waals surface area contributed by atoms with Crippen LogP contribution in [0.5, 0.6) is 5.75 Å². The molecule has 0 aliphatic heterocycles. The van der Waals surface area contributed by atoms with Crippen molar-refractivity contribution in [2.75, 3.05) is 13.7 Å². The van der Waals surface area contributed by atoms with E-state index in [0.717, 1.165) is 25.3 Å². The molecule has 4 nitrogen and oxygen atoms in total. The van der Waals surface area contributed by atoms with E-state index in [1.165, 1.54) is 24.0 Å². The molecule has 3 rings (SSSR count). The van der Waals surface area contributed by atoms with Gasteiger partial charge in [0.05, 0.1) is 13.4 Å². The average molecular weight is 271 g/mol. The molecular weight excluding hydrogens is 250 g/mol. The Bertz CT molecular complexity index is 551. The zero-order chi connectivity index (χ0) is 13.8. The molecule has 0 saturated carbocycles. The summed E-state index contributed by atoms with van der Waals surface area (Å²) in [5, 5.41) is 3.66. The van der Waals surface area contributed by atoms with Crippen molar-refractivity contribution < 1.29 is 4.74 Å². The minimum Gasteiger partial charge on any atom is -0.497 e. The van der Waals surface area contributed by atoms with E-state index in [1.807, 2.05) is 18.7 Å². The normalized spacial score (nSPS) is 17.8. The zero-order valence-corrected chi connectivity index (χ0v) is 11.9. The Morgan fingerprint density at radius 2 is 2.40 bits per heavy atom. The highest BCUT2D eigenvalue weighted by Gasteiger charge is 2.19. The Labute approximate surface area is 119 Å². The highest BCUT2D eigenvalue weighted by molar-refractivity contribution is 5.39. The number of nitrogens with zero attached hydrogens (tertiary/aromatic N) is 2. The summed E-state index contributed by atoms with van der Waals surface area (Å²) in [6.07, 6.45) is 9.29. The van der Waals surface area contributed by atoms with Crippen LogP contribution in [0.4, 0.5) is 0 Å². The van der Waals surface area contributed by atoms with Gasteiger partial charge in [-0.2, -0.15) is 0 Å². The summed E-state index contributed by atoms with van der Waals surface area (Å²) in [5.74, 6) is 0.961. The quantitative estimate of drug-likeness (QED) is 0.908. The maximum Gasteiger partial charge on any atom is 0.119 e. The fraction of sp³-hybridized carbons (Fsp3) is 0.438. The second-order valence-corrected chi connectivity index (χ2v) is 5.26. The molecule has 1 atom stereocenters. The van der Waals surface area contributed by atoms with E-state index in [-0.39, 0.29) is 0 Å². The van der Waals surface area contributed by atoms with Gasteiger partial charge >= 0.3 is 0 Å². The fourth-order valence-electron chi connectivity index (χ4n) is 2.92.